The van der Waals surface area contributed by atoms with Crippen molar-refractivity contribution in [2.45, 2.75) is 140 Å². The van der Waals surface area contributed by atoms with Crippen LogP contribution in [0.25, 0.3) is 0 Å². The molecule has 0 aliphatic carbocycles. The summed E-state index contributed by atoms with van der Waals surface area (Å²) in [6.07, 6.45) is -5.63. The fraction of sp³-hybridized carbons (Fsp3) is 0.600. The van der Waals surface area contributed by atoms with E-state index in [1.54, 1.807) is 6.92 Å². The maximum absolute atomic E-state index is 13.0. The highest BCUT2D eigenvalue weighted by Gasteiger charge is 2.47. The molecule has 1 aliphatic rings. The van der Waals surface area contributed by atoms with E-state index in [0.29, 0.717) is 6.54 Å². The van der Waals surface area contributed by atoms with Crippen molar-refractivity contribution < 1.29 is 59.9 Å². The van der Waals surface area contributed by atoms with Gasteiger partial charge in [-0.15, -0.1) is 0 Å². The summed E-state index contributed by atoms with van der Waals surface area (Å²) < 4.78 is 10.6. The number of aliphatic hydroxyl groups is 8. The van der Waals surface area contributed by atoms with Crippen LogP contribution in [0.3, 0.4) is 0 Å². The summed E-state index contributed by atoms with van der Waals surface area (Å²) in [5.74, 6) is 38.5. The van der Waals surface area contributed by atoms with Crippen molar-refractivity contribution in [2.24, 2.45) is 0 Å². The first kappa shape index (κ1) is 52.0. The van der Waals surface area contributed by atoms with E-state index in [4.69, 9.17) is 9.47 Å². The lowest BCUT2D eigenvalue weighted by Crippen LogP contribution is -2.62. The van der Waals surface area contributed by atoms with Gasteiger partial charge in [0.05, 0.1) is 13.2 Å². The minimum atomic E-state index is -2.22. The third kappa shape index (κ3) is 22.1. The molecule has 2 amide bonds. The SMILES string of the molecule is CC#CC#CC#CC#CC#CC#CC#CC#CC(=O)N(CCCCCCCCCCCC)CCCNC(=O)C(O)C(O)C(OC1OC(CO)C(O)C(O)C1O)C(O)CO. The molecule has 0 radical (unpaired) electrons. The van der Waals surface area contributed by atoms with Crippen LogP contribution in [0.15, 0.2) is 0 Å². The van der Waals surface area contributed by atoms with Crippen LogP contribution in [0.4, 0.5) is 0 Å². The van der Waals surface area contributed by atoms with Crippen LogP contribution in [0, 0.1) is 94.7 Å². The quantitative estimate of drug-likeness (QED) is 0.0427. The average molecular weight is 817 g/mol. The van der Waals surface area contributed by atoms with Gasteiger partial charge >= 0.3 is 0 Å². The van der Waals surface area contributed by atoms with Gasteiger partial charge in [0.1, 0.15) is 42.7 Å². The minimum Gasteiger partial charge on any atom is -0.394 e. The first-order chi connectivity index (χ1) is 28.5. The zero-order chi connectivity index (χ0) is 43.7. The maximum atomic E-state index is 13.0. The highest BCUT2D eigenvalue weighted by Crippen LogP contribution is 2.25. The van der Waals surface area contributed by atoms with E-state index in [1.165, 1.54) is 37.0 Å². The van der Waals surface area contributed by atoms with Gasteiger partial charge in [-0.25, -0.2) is 0 Å². The first-order valence-electron chi connectivity index (χ1n) is 19.6. The molecule has 1 fully saturated rings. The van der Waals surface area contributed by atoms with E-state index in [-0.39, 0.29) is 19.5 Å². The molecular formula is C45H56N2O12. The summed E-state index contributed by atoms with van der Waals surface area (Å²) in [5, 5.41) is 83.4. The normalized spacial score (nSPS) is 19.4. The second-order valence-corrected chi connectivity index (χ2v) is 13.2. The largest absolute Gasteiger partial charge is 0.394 e. The molecule has 1 aliphatic heterocycles. The molecule has 0 saturated carbocycles. The number of ether oxygens (including phenoxy) is 2. The second kappa shape index (κ2) is 32.9. The topological polar surface area (TPSA) is 230 Å². The molecule has 0 aromatic heterocycles. The lowest BCUT2D eigenvalue weighted by molar-refractivity contribution is -0.326. The van der Waals surface area contributed by atoms with Crippen molar-refractivity contribution in [3.8, 4) is 94.7 Å². The molecule has 0 spiro atoms. The molecule has 0 bridgehead atoms. The zero-order valence-electron chi connectivity index (χ0n) is 33.7. The number of rotatable bonds is 23. The summed E-state index contributed by atoms with van der Waals surface area (Å²) in [7, 11) is 0. The number of hydrogen-bond donors (Lipinski definition) is 9. The van der Waals surface area contributed by atoms with Crippen molar-refractivity contribution in [3.63, 3.8) is 0 Å². The molecular weight excluding hydrogens is 760 g/mol. The van der Waals surface area contributed by atoms with Crippen molar-refractivity contribution >= 4 is 11.8 Å². The van der Waals surface area contributed by atoms with Gasteiger partial charge in [0, 0.05) is 25.6 Å². The van der Waals surface area contributed by atoms with Crippen LogP contribution >= 0.6 is 0 Å². The summed E-state index contributed by atoms with van der Waals surface area (Å²) >= 11 is 0. The van der Waals surface area contributed by atoms with Gasteiger partial charge in [0.25, 0.3) is 11.8 Å². The summed E-state index contributed by atoms with van der Waals surface area (Å²) in [4.78, 5) is 27.4. The van der Waals surface area contributed by atoms with Crippen LogP contribution in [0.1, 0.15) is 84.5 Å². The van der Waals surface area contributed by atoms with Crippen molar-refractivity contribution in [1.82, 2.24) is 10.2 Å². The van der Waals surface area contributed by atoms with Crippen molar-refractivity contribution in [2.75, 3.05) is 32.8 Å². The molecule has 1 saturated heterocycles. The standard InChI is InChI=1S/C45H56N2O12/c1-3-5-7-9-11-13-15-16-17-18-19-20-22-24-26-29-37(51)47(31-27-25-23-21-14-12-10-8-6-4-2)32-28-30-46-44(57)41(55)40(54)43(35(50)33-48)59-45-42(56)39(53)38(52)36(34-49)58-45/h35-36,38-43,45,48-50,52-56H,4,6,8,10,12,14,21,23,25,27-28,30-34H2,1-2H3,(H,46,57). The Bertz CT molecular complexity index is 1810. The van der Waals surface area contributed by atoms with Gasteiger partial charge in [-0.3, -0.25) is 9.59 Å². The van der Waals surface area contributed by atoms with E-state index in [2.05, 4.69) is 107 Å². The number of nitrogens with zero attached hydrogens (tertiary/aromatic N) is 1. The minimum absolute atomic E-state index is 0.0473. The van der Waals surface area contributed by atoms with Crippen LogP contribution in [0.5, 0.6) is 0 Å². The van der Waals surface area contributed by atoms with Crippen LogP contribution in [0.2, 0.25) is 0 Å². The third-order valence-electron chi connectivity index (χ3n) is 8.71. The molecule has 1 heterocycles. The number of nitrogens with one attached hydrogen (secondary N) is 1. The number of amides is 2. The van der Waals surface area contributed by atoms with Crippen LogP contribution in [-0.2, 0) is 19.1 Å². The molecule has 14 nitrogen and oxygen atoms in total. The smallest absolute Gasteiger partial charge is 0.299 e. The summed E-state index contributed by atoms with van der Waals surface area (Å²) in [6.45, 7) is 2.60. The maximum Gasteiger partial charge on any atom is 0.299 e. The summed E-state index contributed by atoms with van der Waals surface area (Å²) in [5.41, 5.74) is 0. The number of hydrogen-bond acceptors (Lipinski definition) is 12. The number of unbranched alkanes of at least 4 members (excludes halogenated alkanes) is 9. The Hall–Kier alpha value is -4.98. The Morgan fingerprint density at radius 2 is 1.17 bits per heavy atom. The number of aliphatic hydroxyl groups excluding tert-OH is 8. The van der Waals surface area contributed by atoms with Gasteiger partial charge in [-0.05, 0) is 103 Å². The predicted octanol–water partition coefficient (Wildman–Crippen LogP) is -1.45. The van der Waals surface area contributed by atoms with E-state index >= 15 is 0 Å². The average Bonchev–Trinajstić information content (AvgIpc) is 3.24. The lowest BCUT2D eigenvalue weighted by Gasteiger charge is -2.42. The molecule has 318 valence electrons. The van der Waals surface area contributed by atoms with Crippen LogP contribution < -0.4 is 5.32 Å². The Labute approximate surface area is 348 Å². The first-order valence-corrected chi connectivity index (χ1v) is 19.6. The fourth-order valence-electron chi connectivity index (χ4n) is 5.46. The van der Waals surface area contributed by atoms with Gasteiger partial charge in [-0.2, -0.15) is 0 Å². The highest BCUT2D eigenvalue weighted by atomic mass is 16.7. The second-order valence-electron chi connectivity index (χ2n) is 13.2. The van der Waals surface area contributed by atoms with E-state index in [9.17, 15) is 50.4 Å². The van der Waals surface area contributed by atoms with Crippen molar-refractivity contribution in [1.29, 1.82) is 0 Å². The fourth-order valence-corrected chi connectivity index (χ4v) is 5.46. The lowest BCUT2D eigenvalue weighted by atomic mass is 9.98. The Balaban J connectivity index is 2.85. The van der Waals surface area contributed by atoms with Crippen LogP contribution in [-0.4, -0.2) is 146 Å². The monoisotopic (exact) mass is 816 g/mol. The van der Waals surface area contributed by atoms with Gasteiger partial charge in [0.2, 0.25) is 0 Å². The molecule has 59 heavy (non-hydrogen) atoms. The van der Waals surface area contributed by atoms with Crippen molar-refractivity contribution in [3.05, 3.63) is 0 Å². The van der Waals surface area contributed by atoms with E-state index in [0.717, 1.165) is 32.1 Å². The number of carbonyl (C=O) groups is 2. The molecule has 9 atom stereocenters. The van der Waals surface area contributed by atoms with E-state index < -0.39 is 80.1 Å². The third-order valence-corrected chi connectivity index (χ3v) is 8.71. The predicted molar refractivity (Wildman–Crippen MR) is 218 cm³/mol. The highest BCUT2D eigenvalue weighted by molar-refractivity contribution is 5.94. The molecule has 0 aromatic carbocycles. The number of carbonyl (C=O) groups excluding carboxylic acids is 2. The molecule has 14 heteroatoms. The molecule has 9 N–H and O–H groups in total. The van der Waals surface area contributed by atoms with E-state index in [1.807, 2.05) is 0 Å². The Morgan fingerprint density at radius 3 is 1.68 bits per heavy atom. The summed E-state index contributed by atoms with van der Waals surface area (Å²) in [6, 6.07) is 0. The van der Waals surface area contributed by atoms with Gasteiger partial charge in [0.15, 0.2) is 12.4 Å². The van der Waals surface area contributed by atoms with Gasteiger partial charge < -0.3 is 60.5 Å². The Kier molecular flexibility index (Phi) is 29.0. The molecule has 9 unspecified atom stereocenters. The molecule has 0 aromatic rings. The Morgan fingerprint density at radius 1 is 0.678 bits per heavy atom. The zero-order valence-corrected chi connectivity index (χ0v) is 33.7. The van der Waals surface area contributed by atoms with Gasteiger partial charge in [-0.1, -0.05) is 70.6 Å². The molecule has 1 rings (SSSR count).